The van der Waals surface area contributed by atoms with Gasteiger partial charge in [0.25, 0.3) is 0 Å². The molecule has 1 aromatic carbocycles. The molecule has 2 N–H and O–H groups in total. The summed E-state index contributed by atoms with van der Waals surface area (Å²) in [7, 11) is 1.23. The van der Waals surface area contributed by atoms with E-state index in [0.29, 0.717) is 5.56 Å². The van der Waals surface area contributed by atoms with Crippen LogP contribution in [-0.2, 0) is 35.1 Å². The Kier molecular flexibility index (Phi) is 12.6. The van der Waals surface area contributed by atoms with Crippen molar-refractivity contribution in [3.05, 3.63) is 23.8 Å². The van der Waals surface area contributed by atoms with Crippen molar-refractivity contribution >= 4 is 23.9 Å². The Hall–Kier alpha value is -2.94. The van der Waals surface area contributed by atoms with Gasteiger partial charge in [0.05, 0.1) is 32.0 Å². The summed E-state index contributed by atoms with van der Waals surface area (Å²) >= 11 is 0. The van der Waals surface area contributed by atoms with Crippen LogP contribution in [0.25, 0.3) is 0 Å². The van der Waals surface area contributed by atoms with E-state index in [4.69, 9.17) is 24.7 Å². The number of esters is 4. The predicted octanol–water partition coefficient (Wildman–Crippen LogP) is 4.86. The Morgan fingerprint density at radius 3 is 1.82 bits per heavy atom. The first-order chi connectivity index (χ1) is 17.9. The van der Waals surface area contributed by atoms with Crippen molar-refractivity contribution in [1.82, 2.24) is 0 Å². The van der Waals surface area contributed by atoms with E-state index in [9.17, 15) is 19.2 Å². The van der Waals surface area contributed by atoms with Crippen LogP contribution in [0.2, 0.25) is 0 Å². The van der Waals surface area contributed by atoms with Crippen LogP contribution < -0.4 is 15.2 Å². The summed E-state index contributed by atoms with van der Waals surface area (Å²) in [4.78, 5) is 50.2. The second-order valence-electron chi connectivity index (χ2n) is 12.2. The molecule has 0 fully saturated rings. The number of nitrogens with two attached hydrogens (primary N) is 1. The molecule has 0 spiro atoms. The second-order valence-corrected chi connectivity index (χ2v) is 12.2. The summed E-state index contributed by atoms with van der Waals surface area (Å²) in [6.45, 7) is 16.8. The van der Waals surface area contributed by atoms with Gasteiger partial charge in [-0.3, -0.25) is 19.2 Å². The molecular formula is C30H47NO8. The lowest BCUT2D eigenvalue weighted by Crippen LogP contribution is -2.51. The first kappa shape index (κ1) is 34.1. The summed E-state index contributed by atoms with van der Waals surface area (Å²) < 4.78 is 21.5. The van der Waals surface area contributed by atoms with Crippen molar-refractivity contribution in [2.24, 2.45) is 34.8 Å². The minimum Gasteiger partial charge on any atom is -0.468 e. The van der Waals surface area contributed by atoms with Gasteiger partial charge in [-0.05, 0) is 34.9 Å². The van der Waals surface area contributed by atoms with Gasteiger partial charge in [0.15, 0.2) is 11.5 Å². The number of rotatable bonds is 13. The molecule has 0 radical (unpaired) electrons. The van der Waals surface area contributed by atoms with Crippen LogP contribution in [0, 0.1) is 29.1 Å². The lowest BCUT2D eigenvalue weighted by atomic mass is 9.88. The van der Waals surface area contributed by atoms with Gasteiger partial charge < -0.3 is 24.7 Å². The molecule has 39 heavy (non-hydrogen) atoms. The topological polar surface area (TPSA) is 131 Å². The maximum absolute atomic E-state index is 12.8. The number of benzene rings is 1. The molecule has 0 bridgehead atoms. The Morgan fingerprint density at radius 1 is 0.846 bits per heavy atom. The van der Waals surface area contributed by atoms with E-state index in [1.165, 1.54) is 19.2 Å². The maximum Gasteiger partial charge on any atom is 0.326 e. The highest BCUT2D eigenvalue weighted by molar-refractivity contribution is 5.81. The molecule has 220 valence electrons. The van der Waals surface area contributed by atoms with E-state index in [0.717, 1.165) is 0 Å². The molecule has 0 heterocycles. The quantitative estimate of drug-likeness (QED) is 0.270. The van der Waals surface area contributed by atoms with Gasteiger partial charge in [-0.1, -0.05) is 68.4 Å². The summed E-state index contributed by atoms with van der Waals surface area (Å²) in [5.41, 5.74) is 5.25. The monoisotopic (exact) mass is 549 g/mol. The van der Waals surface area contributed by atoms with Crippen LogP contribution in [0.3, 0.4) is 0 Å². The number of hydrogen-bond acceptors (Lipinski definition) is 9. The van der Waals surface area contributed by atoms with Gasteiger partial charge in [-0.25, -0.2) is 0 Å². The van der Waals surface area contributed by atoms with Gasteiger partial charge >= 0.3 is 23.9 Å². The highest BCUT2D eigenvalue weighted by Gasteiger charge is 2.36. The minimum atomic E-state index is -1.52. The highest BCUT2D eigenvalue weighted by Crippen LogP contribution is 2.33. The summed E-state index contributed by atoms with van der Waals surface area (Å²) in [5, 5.41) is 0. The third kappa shape index (κ3) is 11.0. The second kappa shape index (κ2) is 14.4. The van der Waals surface area contributed by atoms with E-state index >= 15 is 0 Å². The lowest BCUT2D eigenvalue weighted by molar-refractivity contribution is -0.152. The molecule has 0 amide bonds. The molecule has 1 aromatic rings. The van der Waals surface area contributed by atoms with Crippen molar-refractivity contribution in [2.45, 2.75) is 87.1 Å². The van der Waals surface area contributed by atoms with Crippen molar-refractivity contribution in [3.8, 4) is 11.5 Å². The van der Waals surface area contributed by atoms with Crippen molar-refractivity contribution in [3.63, 3.8) is 0 Å². The van der Waals surface area contributed by atoms with Crippen LogP contribution in [-0.4, -0.2) is 43.1 Å². The van der Waals surface area contributed by atoms with E-state index in [2.05, 4.69) is 0 Å². The third-order valence-corrected chi connectivity index (χ3v) is 6.77. The zero-order valence-electron chi connectivity index (χ0n) is 25.2. The largest absolute Gasteiger partial charge is 0.468 e. The smallest absolute Gasteiger partial charge is 0.326 e. The molecule has 0 saturated carbocycles. The first-order valence-corrected chi connectivity index (χ1v) is 13.5. The number of carbonyl (C=O) groups is 4. The van der Waals surface area contributed by atoms with Crippen LogP contribution >= 0.6 is 0 Å². The van der Waals surface area contributed by atoms with Crippen LogP contribution in [0.5, 0.6) is 11.5 Å². The van der Waals surface area contributed by atoms with Crippen molar-refractivity contribution in [2.75, 3.05) is 13.7 Å². The summed E-state index contributed by atoms with van der Waals surface area (Å²) in [6, 6.07) is 4.69. The fourth-order valence-electron chi connectivity index (χ4n) is 3.43. The molecule has 9 nitrogen and oxygen atoms in total. The highest BCUT2D eigenvalue weighted by atomic mass is 16.6. The number of carbonyl (C=O) groups excluding carboxylic acids is 4. The normalized spacial score (nSPS) is 14.8. The average Bonchev–Trinajstić information content (AvgIpc) is 2.82. The van der Waals surface area contributed by atoms with E-state index < -0.39 is 29.4 Å². The number of hydrogen-bond donors (Lipinski definition) is 1. The summed E-state index contributed by atoms with van der Waals surface area (Å²) in [5.74, 6) is -2.54. The molecule has 0 saturated heterocycles. The van der Waals surface area contributed by atoms with Crippen molar-refractivity contribution < 1.29 is 38.1 Å². The Morgan fingerprint density at radius 2 is 1.36 bits per heavy atom. The van der Waals surface area contributed by atoms with E-state index in [1.54, 1.807) is 19.9 Å². The van der Waals surface area contributed by atoms with Gasteiger partial charge in [0.2, 0.25) is 0 Å². The van der Waals surface area contributed by atoms with Gasteiger partial charge in [-0.15, -0.1) is 0 Å². The molecule has 0 aliphatic carbocycles. The van der Waals surface area contributed by atoms with Gasteiger partial charge in [-0.2, -0.15) is 0 Å². The van der Waals surface area contributed by atoms with Crippen LogP contribution in [0.15, 0.2) is 18.2 Å². The third-order valence-electron chi connectivity index (χ3n) is 6.77. The SMILES string of the molecule is COC(=O)[C@@](N)(CCOC(=O)CC(C)(C)C)Cc1ccc(OC(=O)C(C)C(C)C)c(OC(=O)C(C)C(C)C)c1. The van der Waals surface area contributed by atoms with Crippen molar-refractivity contribution in [1.29, 1.82) is 0 Å². The fraction of sp³-hybridized carbons (Fsp3) is 0.667. The molecule has 3 atom stereocenters. The predicted molar refractivity (Wildman–Crippen MR) is 148 cm³/mol. The average molecular weight is 550 g/mol. The lowest BCUT2D eigenvalue weighted by Gasteiger charge is -2.27. The molecular weight excluding hydrogens is 502 g/mol. The van der Waals surface area contributed by atoms with Crippen LogP contribution in [0.1, 0.15) is 80.7 Å². The molecule has 2 unspecified atom stereocenters. The molecule has 0 aromatic heterocycles. The molecule has 9 heteroatoms. The summed E-state index contributed by atoms with van der Waals surface area (Å²) in [6.07, 6.45) is 0.233. The standard InChI is InChI=1S/C30H47NO8/c1-18(2)20(5)26(33)38-23-12-11-22(15-24(23)39-27(34)21(6)19(3)4)16-30(31,28(35)36-10)13-14-37-25(32)17-29(7,8)9/h11-12,15,18-21H,13-14,16-17,31H2,1-10H3/t20?,21?,30-/m1/s1. The molecule has 1 rings (SSSR count). The maximum atomic E-state index is 12.8. The number of methoxy groups -OCH3 is 1. The zero-order valence-corrected chi connectivity index (χ0v) is 25.2. The molecule has 0 aliphatic heterocycles. The zero-order chi connectivity index (χ0) is 30.1. The van der Waals surface area contributed by atoms with Crippen LogP contribution in [0.4, 0.5) is 0 Å². The minimum absolute atomic E-state index is 0.00258. The van der Waals surface area contributed by atoms with Gasteiger partial charge in [0, 0.05) is 12.8 Å². The Labute approximate surface area is 233 Å². The Balaban J connectivity index is 3.26. The first-order valence-electron chi connectivity index (χ1n) is 13.5. The van der Waals surface area contributed by atoms with E-state index in [1.807, 2.05) is 48.5 Å². The molecule has 0 aliphatic rings. The van der Waals surface area contributed by atoms with E-state index in [-0.39, 0.29) is 66.5 Å². The Bertz CT molecular complexity index is 1010. The number of ether oxygens (including phenoxy) is 4. The van der Waals surface area contributed by atoms with Gasteiger partial charge in [0.1, 0.15) is 5.54 Å². The fourth-order valence-corrected chi connectivity index (χ4v) is 3.43.